The Morgan fingerprint density at radius 3 is 2.42 bits per heavy atom. The number of aryl methyl sites for hydroxylation is 2. The van der Waals surface area contributed by atoms with E-state index >= 15 is 0 Å². The fourth-order valence-electron chi connectivity index (χ4n) is 3.30. The maximum absolute atomic E-state index is 6.33. The van der Waals surface area contributed by atoms with Crippen LogP contribution in [0, 0.1) is 11.3 Å². The fourth-order valence-corrected chi connectivity index (χ4v) is 4.21. The standard InChI is InChI=1S/C15H24Cl2N2/c1-3-13-8-14(19(2)18-13)9-15(10-16,11-17)12-6-4-5-7-12/h8,12H,3-7,9-11H2,1-2H3. The van der Waals surface area contributed by atoms with Crippen LogP contribution in [0.15, 0.2) is 6.07 Å². The minimum Gasteiger partial charge on any atom is -0.272 e. The monoisotopic (exact) mass is 302 g/mol. The van der Waals surface area contributed by atoms with Crippen molar-refractivity contribution in [2.24, 2.45) is 18.4 Å². The second-order valence-corrected chi connectivity index (χ2v) is 6.43. The molecule has 0 aromatic carbocycles. The highest BCUT2D eigenvalue weighted by Gasteiger charge is 2.39. The van der Waals surface area contributed by atoms with E-state index in [0.717, 1.165) is 18.5 Å². The highest BCUT2D eigenvalue weighted by Crippen LogP contribution is 2.44. The topological polar surface area (TPSA) is 17.8 Å². The van der Waals surface area contributed by atoms with Gasteiger partial charge in [0.2, 0.25) is 0 Å². The SMILES string of the molecule is CCc1cc(CC(CCl)(CCl)C2CCCC2)n(C)n1. The smallest absolute Gasteiger partial charge is 0.0624 e. The second-order valence-electron chi connectivity index (χ2n) is 5.89. The van der Waals surface area contributed by atoms with E-state index in [2.05, 4.69) is 18.1 Å². The molecule has 2 rings (SSSR count). The van der Waals surface area contributed by atoms with Crippen LogP contribution in [0.2, 0.25) is 0 Å². The summed E-state index contributed by atoms with van der Waals surface area (Å²) in [6, 6.07) is 2.21. The Kier molecular flexibility index (Phi) is 5.19. The Labute approximate surface area is 126 Å². The molecule has 1 aliphatic carbocycles. The second kappa shape index (κ2) is 6.49. The first kappa shape index (κ1) is 15.2. The molecule has 1 fully saturated rings. The number of hydrogen-bond acceptors (Lipinski definition) is 1. The summed E-state index contributed by atoms with van der Waals surface area (Å²) >= 11 is 12.7. The third-order valence-corrected chi connectivity index (χ3v) is 5.74. The summed E-state index contributed by atoms with van der Waals surface area (Å²) in [4.78, 5) is 0. The molecule has 1 aromatic heterocycles. The molecule has 0 bridgehead atoms. The molecule has 1 saturated carbocycles. The van der Waals surface area contributed by atoms with E-state index < -0.39 is 0 Å². The molecule has 0 saturated heterocycles. The molecule has 1 aliphatic rings. The number of rotatable bonds is 6. The molecule has 0 atom stereocenters. The van der Waals surface area contributed by atoms with Gasteiger partial charge in [-0.15, -0.1) is 23.2 Å². The summed E-state index contributed by atoms with van der Waals surface area (Å²) in [5, 5.41) is 4.54. The Hall–Kier alpha value is -0.210. The van der Waals surface area contributed by atoms with Gasteiger partial charge >= 0.3 is 0 Å². The molecule has 2 nitrogen and oxygen atoms in total. The van der Waals surface area contributed by atoms with Gasteiger partial charge in [-0.25, -0.2) is 0 Å². The van der Waals surface area contributed by atoms with Crippen molar-refractivity contribution < 1.29 is 0 Å². The Morgan fingerprint density at radius 1 is 1.32 bits per heavy atom. The third kappa shape index (κ3) is 3.11. The van der Waals surface area contributed by atoms with E-state index in [-0.39, 0.29) is 5.41 Å². The molecule has 0 amide bonds. The third-order valence-electron chi connectivity index (χ3n) is 4.68. The summed E-state index contributed by atoms with van der Waals surface area (Å²) in [5.41, 5.74) is 2.46. The van der Waals surface area contributed by atoms with Crippen LogP contribution in [0.4, 0.5) is 0 Å². The lowest BCUT2D eigenvalue weighted by molar-refractivity contribution is 0.220. The first-order chi connectivity index (χ1) is 9.15. The molecule has 0 spiro atoms. The van der Waals surface area contributed by atoms with Gasteiger partial charge in [-0.3, -0.25) is 4.68 Å². The van der Waals surface area contributed by atoms with Gasteiger partial charge in [-0.05, 0) is 37.7 Å². The lowest BCUT2D eigenvalue weighted by Gasteiger charge is -2.36. The van der Waals surface area contributed by atoms with E-state index in [4.69, 9.17) is 23.2 Å². The zero-order chi connectivity index (χ0) is 13.9. The maximum atomic E-state index is 6.33. The molecule has 4 heteroatoms. The molecule has 1 heterocycles. The highest BCUT2D eigenvalue weighted by molar-refractivity contribution is 6.21. The molecule has 1 aromatic rings. The summed E-state index contributed by atoms with van der Waals surface area (Å²) < 4.78 is 2.00. The van der Waals surface area contributed by atoms with Crippen LogP contribution in [-0.2, 0) is 19.9 Å². The lowest BCUT2D eigenvalue weighted by atomic mass is 9.74. The zero-order valence-corrected chi connectivity index (χ0v) is 13.5. The van der Waals surface area contributed by atoms with Crippen LogP contribution in [0.5, 0.6) is 0 Å². The summed E-state index contributed by atoms with van der Waals surface area (Å²) in [6.07, 6.45) is 7.13. The van der Waals surface area contributed by atoms with Crippen LogP contribution in [0.25, 0.3) is 0 Å². The average Bonchev–Trinajstić information content (AvgIpc) is 3.06. The fraction of sp³-hybridized carbons (Fsp3) is 0.800. The van der Waals surface area contributed by atoms with Crippen LogP contribution in [-0.4, -0.2) is 21.5 Å². The number of hydrogen-bond donors (Lipinski definition) is 0. The molecule has 108 valence electrons. The number of alkyl halides is 2. The van der Waals surface area contributed by atoms with E-state index in [1.54, 1.807) is 0 Å². The molecule has 19 heavy (non-hydrogen) atoms. The molecule has 0 unspecified atom stereocenters. The molecular weight excluding hydrogens is 279 g/mol. The molecule has 0 N–H and O–H groups in total. The Balaban J connectivity index is 2.21. The van der Waals surface area contributed by atoms with Crippen LogP contribution >= 0.6 is 23.2 Å². The van der Waals surface area contributed by atoms with Gasteiger partial charge in [-0.1, -0.05) is 19.8 Å². The van der Waals surface area contributed by atoms with Crippen molar-refractivity contribution >= 4 is 23.2 Å². The van der Waals surface area contributed by atoms with Gasteiger partial charge in [0.05, 0.1) is 5.69 Å². The van der Waals surface area contributed by atoms with Crippen molar-refractivity contribution in [3.63, 3.8) is 0 Å². The lowest BCUT2D eigenvalue weighted by Crippen LogP contribution is -2.36. The Bertz CT molecular complexity index is 404. The first-order valence-electron chi connectivity index (χ1n) is 7.29. The normalized spacial score (nSPS) is 17.3. The quantitative estimate of drug-likeness (QED) is 0.721. The Morgan fingerprint density at radius 2 is 1.95 bits per heavy atom. The van der Waals surface area contributed by atoms with Gasteiger partial charge in [0.1, 0.15) is 0 Å². The minimum absolute atomic E-state index is 0.0401. The summed E-state index contributed by atoms with van der Waals surface area (Å²) in [7, 11) is 2.02. The van der Waals surface area contributed by atoms with Gasteiger partial charge < -0.3 is 0 Å². The van der Waals surface area contributed by atoms with Crippen molar-refractivity contribution in [2.75, 3.05) is 11.8 Å². The van der Waals surface area contributed by atoms with Crippen molar-refractivity contribution in [1.29, 1.82) is 0 Å². The number of aromatic nitrogens is 2. The van der Waals surface area contributed by atoms with E-state index in [0.29, 0.717) is 17.7 Å². The van der Waals surface area contributed by atoms with Gasteiger partial charge in [0.25, 0.3) is 0 Å². The molecule has 0 aliphatic heterocycles. The average molecular weight is 303 g/mol. The van der Waals surface area contributed by atoms with Crippen LogP contribution in [0.1, 0.15) is 44.0 Å². The van der Waals surface area contributed by atoms with Crippen molar-refractivity contribution in [2.45, 2.75) is 45.4 Å². The van der Waals surface area contributed by atoms with Crippen molar-refractivity contribution in [1.82, 2.24) is 9.78 Å². The highest BCUT2D eigenvalue weighted by atomic mass is 35.5. The van der Waals surface area contributed by atoms with Crippen molar-refractivity contribution in [3.8, 4) is 0 Å². The van der Waals surface area contributed by atoms with E-state index in [9.17, 15) is 0 Å². The van der Waals surface area contributed by atoms with Gasteiger partial charge in [0, 0.05) is 29.9 Å². The molecular formula is C15H24Cl2N2. The largest absolute Gasteiger partial charge is 0.272 e. The van der Waals surface area contributed by atoms with E-state index in [1.807, 2.05) is 11.7 Å². The molecule has 0 radical (unpaired) electrons. The summed E-state index contributed by atoms with van der Waals surface area (Å²) in [6.45, 7) is 2.14. The summed E-state index contributed by atoms with van der Waals surface area (Å²) in [5.74, 6) is 1.96. The van der Waals surface area contributed by atoms with E-state index in [1.165, 1.54) is 31.4 Å². The predicted molar refractivity (Wildman–Crippen MR) is 82.1 cm³/mol. The minimum atomic E-state index is 0.0401. The van der Waals surface area contributed by atoms with Crippen LogP contribution < -0.4 is 0 Å². The van der Waals surface area contributed by atoms with Crippen LogP contribution in [0.3, 0.4) is 0 Å². The first-order valence-corrected chi connectivity index (χ1v) is 8.36. The van der Waals surface area contributed by atoms with Crippen molar-refractivity contribution in [3.05, 3.63) is 17.5 Å². The predicted octanol–water partition coefficient (Wildman–Crippen LogP) is 4.18. The van der Waals surface area contributed by atoms with Gasteiger partial charge in [-0.2, -0.15) is 5.10 Å². The number of halogens is 2. The number of nitrogens with zero attached hydrogens (tertiary/aromatic N) is 2. The zero-order valence-electron chi connectivity index (χ0n) is 12.0. The maximum Gasteiger partial charge on any atom is 0.0624 e. The van der Waals surface area contributed by atoms with Gasteiger partial charge in [0.15, 0.2) is 0 Å².